The molecule has 0 aromatic heterocycles. The van der Waals surface area contributed by atoms with Crippen LogP contribution in [0.1, 0.15) is 40.0 Å². The number of hydrogen-bond donors (Lipinski definition) is 2. The van der Waals surface area contributed by atoms with E-state index in [2.05, 4.69) is 26.2 Å². The van der Waals surface area contributed by atoms with Crippen LogP contribution < -0.4 is 11.3 Å². The summed E-state index contributed by atoms with van der Waals surface area (Å²) in [7, 11) is 0. The maximum Gasteiger partial charge on any atom is 0.0746 e. The van der Waals surface area contributed by atoms with Gasteiger partial charge >= 0.3 is 0 Å². The Bertz CT molecular complexity index is 150. The molecule has 1 fully saturated rings. The normalized spacial score (nSPS) is 31.2. The van der Waals surface area contributed by atoms with E-state index < -0.39 is 0 Å². The highest BCUT2D eigenvalue weighted by atomic mass is 16.5. The Balaban J connectivity index is 2.37. The molecule has 0 saturated carbocycles. The molecule has 3 N–H and O–H groups in total. The van der Waals surface area contributed by atoms with Crippen molar-refractivity contribution in [1.82, 2.24) is 5.43 Å². The van der Waals surface area contributed by atoms with E-state index in [0.29, 0.717) is 24.2 Å². The van der Waals surface area contributed by atoms with Crippen molar-refractivity contribution in [2.45, 2.75) is 58.3 Å². The number of hydrazine groups is 1. The lowest BCUT2D eigenvalue weighted by atomic mass is 9.98. The van der Waals surface area contributed by atoms with E-state index in [4.69, 9.17) is 10.6 Å². The van der Waals surface area contributed by atoms with Gasteiger partial charge in [0.2, 0.25) is 0 Å². The number of nitrogens with two attached hydrogens (primary N) is 1. The van der Waals surface area contributed by atoms with Crippen molar-refractivity contribution in [3.05, 3.63) is 0 Å². The zero-order chi connectivity index (χ0) is 9.84. The summed E-state index contributed by atoms with van der Waals surface area (Å²) in [4.78, 5) is 0. The third kappa shape index (κ3) is 3.25. The highest BCUT2D eigenvalue weighted by Crippen LogP contribution is 2.24. The van der Waals surface area contributed by atoms with Crippen molar-refractivity contribution in [2.75, 3.05) is 0 Å². The van der Waals surface area contributed by atoms with E-state index in [9.17, 15) is 0 Å². The summed E-state index contributed by atoms with van der Waals surface area (Å²) in [6, 6.07) is 0.324. The van der Waals surface area contributed by atoms with Crippen LogP contribution in [0.25, 0.3) is 0 Å². The maximum atomic E-state index is 5.77. The molecule has 1 aliphatic heterocycles. The maximum absolute atomic E-state index is 5.77. The van der Waals surface area contributed by atoms with Crippen molar-refractivity contribution in [1.29, 1.82) is 0 Å². The first-order chi connectivity index (χ1) is 6.13. The van der Waals surface area contributed by atoms with Gasteiger partial charge in [0.1, 0.15) is 0 Å². The molecule has 1 aliphatic rings. The van der Waals surface area contributed by atoms with Gasteiger partial charge in [0.25, 0.3) is 0 Å². The van der Waals surface area contributed by atoms with Gasteiger partial charge in [-0.15, -0.1) is 0 Å². The van der Waals surface area contributed by atoms with E-state index in [1.165, 1.54) is 6.42 Å². The molecular formula is C10H22N2O. The summed E-state index contributed by atoms with van der Waals surface area (Å²) >= 11 is 0. The molecule has 0 bridgehead atoms. The van der Waals surface area contributed by atoms with Gasteiger partial charge in [-0.25, -0.2) is 0 Å². The van der Waals surface area contributed by atoms with Crippen LogP contribution in [0.15, 0.2) is 0 Å². The minimum Gasteiger partial charge on any atom is -0.374 e. The van der Waals surface area contributed by atoms with Crippen molar-refractivity contribution in [2.24, 2.45) is 11.8 Å². The van der Waals surface area contributed by atoms with Gasteiger partial charge in [-0.05, 0) is 32.1 Å². The van der Waals surface area contributed by atoms with Crippen LogP contribution in [0.4, 0.5) is 0 Å². The van der Waals surface area contributed by atoms with E-state index in [0.717, 1.165) is 12.8 Å². The topological polar surface area (TPSA) is 47.3 Å². The van der Waals surface area contributed by atoms with Crippen LogP contribution in [0, 0.1) is 5.92 Å². The summed E-state index contributed by atoms with van der Waals surface area (Å²) in [5.41, 5.74) is 2.87. The smallest absolute Gasteiger partial charge is 0.0746 e. The first kappa shape index (κ1) is 11.0. The highest BCUT2D eigenvalue weighted by molar-refractivity contribution is 4.82. The second kappa shape index (κ2) is 4.94. The van der Waals surface area contributed by atoms with Crippen molar-refractivity contribution in [3.8, 4) is 0 Å². The Morgan fingerprint density at radius 1 is 1.46 bits per heavy atom. The molecule has 1 heterocycles. The summed E-state index contributed by atoms with van der Waals surface area (Å²) in [5, 5.41) is 0. The molecule has 3 heteroatoms. The largest absolute Gasteiger partial charge is 0.374 e. The minimum absolute atomic E-state index is 0.322. The molecule has 78 valence electrons. The summed E-state index contributed by atoms with van der Waals surface area (Å²) in [5.74, 6) is 6.18. The van der Waals surface area contributed by atoms with Crippen LogP contribution >= 0.6 is 0 Å². The number of hydrogen-bond acceptors (Lipinski definition) is 3. The average Bonchev–Trinajstić information content (AvgIpc) is 2.47. The van der Waals surface area contributed by atoms with Crippen molar-refractivity contribution in [3.63, 3.8) is 0 Å². The summed E-state index contributed by atoms with van der Waals surface area (Å²) in [6.45, 7) is 6.55. The first-order valence-electron chi connectivity index (χ1n) is 5.25. The Morgan fingerprint density at radius 3 is 2.54 bits per heavy atom. The number of rotatable bonds is 4. The first-order valence-corrected chi connectivity index (χ1v) is 5.25. The van der Waals surface area contributed by atoms with Gasteiger partial charge < -0.3 is 4.74 Å². The Morgan fingerprint density at radius 2 is 2.15 bits per heavy atom. The SMILES string of the molecule is CC(C)CC(NN)C1CCC(C)O1. The quantitative estimate of drug-likeness (QED) is 0.516. The van der Waals surface area contributed by atoms with Gasteiger partial charge in [-0.3, -0.25) is 11.3 Å². The van der Waals surface area contributed by atoms with Crippen molar-refractivity contribution < 1.29 is 4.74 Å². The van der Waals surface area contributed by atoms with Crippen LogP contribution in [0.2, 0.25) is 0 Å². The third-order valence-corrected chi connectivity index (χ3v) is 2.65. The van der Waals surface area contributed by atoms with Gasteiger partial charge in [-0.2, -0.15) is 0 Å². The summed E-state index contributed by atoms with van der Waals surface area (Å²) < 4.78 is 5.77. The van der Waals surface area contributed by atoms with Gasteiger partial charge in [0, 0.05) is 6.04 Å². The lowest BCUT2D eigenvalue weighted by Crippen LogP contribution is -2.44. The molecule has 0 spiro atoms. The van der Waals surface area contributed by atoms with Crippen LogP contribution in [0.5, 0.6) is 0 Å². The third-order valence-electron chi connectivity index (χ3n) is 2.65. The van der Waals surface area contributed by atoms with Gasteiger partial charge in [-0.1, -0.05) is 13.8 Å². The molecule has 0 amide bonds. The highest BCUT2D eigenvalue weighted by Gasteiger charge is 2.29. The summed E-state index contributed by atoms with van der Waals surface area (Å²) in [6.07, 6.45) is 4.13. The van der Waals surface area contributed by atoms with Crippen LogP contribution in [0.3, 0.4) is 0 Å². The fraction of sp³-hybridized carbons (Fsp3) is 1.00. The molecular weight excluding hydrogens is 164 g/mol. The zero-order valence-corrected chi connectivity index (χ0v) is 8.92. The average molecular weight is 186 g/mol. The van der Waals surface area contributed by atoms with E-state index in [1.54, 1.807) is 0 Å². The fourth-order valence-corrected chi connectivity index (χ4v) is 1.96. The molecule has 0 aromatic carbocycles. The monoisotopic (exact) mass is 186 g/mol. The van der Waals surface area contributed by atoms with Gasteiger partial charge in [0.05, 0.1) is 12.2 Å². The number of nitrogens with one attached hydrogen (secondary N) is 1. The molecule has 0 aromatic rings. The van der Waals surface area contributed by atoms with E-state index in [-0.39, 0.29) is 0 Å². The molecule has 1 rings (SSSR count). The van der Waals surface area contributed by atoms with E-state index >= 15 is 0 Å². The predicted molar refractivity (Wildman–Crippen MR) is 54.1 cm³/mol. The fourth-order valence-electron chi connectivity index (χ4n) is 1.96. The van der Waals surface area contributed by atoms with Crippen LogP contribution in [-0.2, 0) is 4.74 Å². The Labute approximate surface area is 81.0 Å². The predicted octanol–water partition coefficient (Wildman–Crippen LogP) is 1.43. The van der Waals surface area contributed by atoms with E-state index in [1.807, 2.05) is 0 Å². The molecule has 3 nitrogen and oxygen atoms in total. The second-order valence-electron chi connectivity index (χ2n) is 4.47. The van der Waals surface area contributed by atoms with Crippen LogP contribution in [-0.4, -0.2) is 18.2 Å². The lowest BCUT2D eigenvalue weighted by Gasteiger charge is -2.24. The lowest BCUT2D eigenvalue weighted by molar-refractivity contribution is 0.0272. The second-order valence-corrected chi connectivity index (χ2v) is 4.47. The molecule has 3 atom stereocenters. The van der Waals surface area contributed by atoms with Crippen molar-refractivity contribution >= 4 is 0 Å². The Hall–Kier alpha value is -0.120. The number of ether oxygens (including phenoxy) is 1. The standard InChI is InChI=1S/C10H22N2O/c1-7(2)6-9(12-11)10-5-4-8(3)13-10/h7-10,12H,4-6,11H2,1-3H3. The minimum atomic E-state index is 0.322. The molecule has 0 radical (unpaired) electrons. The Kier molecular flexibility index (Phi) is 4.16. The van der Waals surface area contributed by atoms with Gasteiger partial charge in [0.15, 0.2) is 0 Å². The molecule has 0 aliphatic carbocycles. The zero-order valence-electron chi connectivity index (χ0n) is 8.92. The molecule has 3 unspecified atom stereocenters. The molecule has 13 heavy (non-hydrogen) atoms. The molecule has 1 saturated heterocycles.